The van der Waals surface area contributed by atoms with Crippen LogP contribution in [-0.4, -0.2) is 69.7 Å². The molecule has 3 heterocycles. The van der Waals surface area contributed by atoms with Crippen molar-refractivity contribution < 1.29 is 14.4 Å². The highest BCUT2D eigenvalue weighted by Gasteiger charge is 2.42. The van der Waals surface area contributed by atoms with E-state index in [2.05, 4.69) is 9.97 Å². The first-order chi connectivity index (χ1) is 13.5. The zero-order chi connectivity index (χ0) is 19.8. The van der Waals surface area contributed by atoms with Gasteiger partial charge in [0.2, 0.25) is 11.9 Å². The molecule has 1 fully saturated rings. The minimum atomic E-state index is -0.841. The minimum absolute atomic E-state index is 0.222. The van der Waals surface area contributed by atoms with Crippen LogP contribution in [0.3, 0.4) is 0 Å². The molecule has 1 saturated heterocycles. The van der Waals surface area contributed by atoms with Gasteiger partial charge >= 0.3 is 0 Å². The summed E-state index contributed by atoms with van der Waals surface area (Å²) in [5, 5.41) is 0. The van der Waals surface area contributed by atoms with E-state index in [0.29, 0.717) is 43.3 Å². The van der Waals surface area contributed by atoms with Crippen LogP contribution < -0.4 is 4.90 Å². The zero-order valence-electron chi connectivity index (χ0n) is 15.8. The smallest absolute Gasteiger partial charge is 0.262 e. The summed E-state index contributed by atoms with van der Waals surface area (Å²) in [6.45, 7) is 5.66. The molecule has 4 rings (SSSR count). The number of nitrogens with zero attached hydrogens (tertiary/aromatic N) is 5. The first-order valence-electron chi connectivity index (χ1n) is 9.26. The summed E-state index contributed by atoms with van der Waals surface area (Å²) in [6, 6.07) is 6.07. The summed E-state index contributed by atoms with van der Waals surface area (Å²) >= 11 is 0. The molecule has 1 unspecified atom stereocenters. The molecule has 0 saturated carbocycles. The molecule has 8 nitrogen and oxygen atoms in total. The van der Waals surface area contributed by atoms with Crippen molar-refractivity contribution in [3.63, 3.8) is 0 Å². The lowest BCUT2D eigenvalue weighted by molar-refractivity contribution is -0.135. The predicted molar refractivity (Wildman–Crippen MR) is 102 cm³/mol. The molecule has 3 amide bonds. The Bertz CT molecular complexity index is 938. The molecule has 8 heteroatoms. The SMILES string of the molecule is Cc1ccc2c(c1)C(=O)N(C(C)C(=O)N1CCN(c3ncccn3)CC1)C2=O. The van der Waals surface area contributed by atoms with E-state index in [0.717, 1.165) is 10.5 Å². The first-order valence-corrected chi connectivity index (χ1v) is 9.26. The normalized spacial score (nSPS) is 17.7. The Morgan fingerprint density at radius 1 is 1.00 bits per heavy atom. The molecule has 1 aromatic heterocycles. The third kappa shape index (κ3) is 3.00. The molecule has 0 radical (unpaired) electrons. The summed E-state index contributed by atoms with van der Waals surface area (Å²) in [5.74, 6) is -0.392. The van der Waals surface area contributed by atoms with Crippen LogP contribution in [0.4, 0.5) is 5.95 Å². The zero-order valence-corrected chi connectivity index (χ0v) is 15.8. The second-order valence-electron chi connectivity index (χ2n) is 7.07. The van der Waals surface area contributed by atoms with Gasteiger partial charge in [0.15, 0.2) is 0 Å². The number of aromatic nitrogens is 2. The summed E-state index contributed by atoms with van der Waals surface area (Å²) in [7, 11) is 0. The van der Waals surface area contributed by atoms with E-state index in [1.54, 1.807) is 48.5 Å². The van der Waals surface area contributed by atoms with Crippen molar-refractivity contribution in [1.82, 2.24) is 19.8 Å². The van der Waals surface area contributed by atoms with Crippen LogP contribution in [0.5, 0.6) is 0 Å². The van der Waals surface area contributed by atoms with Gasteiger partial charge in [-0.1, -0.05) is 11.6 Å². The number of anilines is 1. The fourth-order valence-corrected chi connectivity index (χ4v) is 3.68. The van der Waals surface area contributed by atoms with Crippen LogP contribution in [0, 0.1) is 6.92 Å². The number of carbonyl (C=O) groups excluding carboxylic acids is 3. The second kappa shape index (κ2) is 7.03. The van der Waals surface area contributed by atoms with Gasteiger partial charge in [0.1, 0.15) is 6.04 Å². The van der Waals surface area contributed by atoms with Gasteiger partial charge in [0.25, 0.3) is 11.8 Å². The van der Waals surface area contributed by atoms with Crippen molar-refractivity contribution in [2.24, 2.45) is 0 Å². The maximum atomic E-state index is 13.0. The van der Waals surface area contributed by atoms with Crippen LogP contribution in [0.15, 0.2) is 36.7 Å². The van der Waals surface area contributed by atoms with E-state index in [9.17, 15) is 14.4 Å². The van der Waals surface area contributed by atoms with Crippen molar-refractivity contribution in [2.75, 3.05) is 31.1 Å². The average molecular weight is 379 g/mol. The van der Waals surface area contributed by atoms with E-state index in [4.69, 9.17) is 0 Å². The molecule has 0 bridgehead atoms. The number of fused-ring (bicyclic) bond motifs is 1. The maximum Gasteiger partial charge on any atom is 0.262 e. The number of imide groups is 1. The topological polar surface area (TPSA) is 86.7 Å². The Kier molecular flexibility index (Phi) is 4.54. The summed E-state index contributed by atoms with van der Waals surface area (Å²) in [5.41, 5.74) is 1.64. The predicted octanol–water partition coefficient (Wildman–Crippen LogP) is 1.12. The summed E-state index contributed by atoms with van der Waals surface area (Å²) < 4.78 is 0. The van der Waals surface area contributed by atoms with Crippen LogP contribution in [0.1, 0.15) is 33.2 Å². The molecule has 2 aliphatic heterocycles. The third-order valence-electron chi connectivity index (χ3n) is 5.24. The average Bonchev–Trinajstić information content (AvgIpc) is 2.97. The lowest BCUT2D eigenvalue weighted by atomic mass is 10.1. The van der Waals surface area contributed by atoms with Crippen molar-refractivity contribution >= 4 is 23.7 Å². The van der Waals surface area contributed by atoms with Crippen LogP contribution in [0.25, 0.3) is 0 Å². The number of piperazine rings is 1. The van der Waals surface area contributed by atoms with Gasteiger partial charge in [0, 0.05) is 38.6 Å². The Hall–Kier alpha value is -3.29. The number of benzene rings is 1. The van der Waals surface area contributed by atoms with Crippen molar-refractivity contribution in [3.05, 3.63) is 53.3 Å². The van der Waals surface area contributed by atoms with Crippen molar-refractivity contribution in [2.45, 2.75) is 19.9 Å². The molecule has 0 N–H and O–H groups in total. The highest BCUT2D eigenvalue weighted by Crippen LogP contribution is 2.26. The molecule has 28 heavy (non-hydrogen) atoms. The molecular weight excluding hydrogens is 358 g/mol. The van der Waals surface area contributed by atoms with E-state index in [1.165, 1.54) is 0 Å². The first kappa shape index (κ1) is 18.1. The number of amides is 3. The number of aryl methyl sites for hydroxylation is 1. The Morgan fingerprint density at radius 3 is 2.32 bits per heavy atom. The van der Waals surface area contributed by atoms with Gasteiger partial charge in [-0.3, -0.25) is 19.3 Å². The van der Waals surface area contributed by atoms with E-state index in [1.807, 2.05) is 11.8 Å². The van der Waals surface area contributed by atoms with Crippen molar-refractivity contribution in [3.8, 4) is 0 Å². The molecule has 2 aromatic rings. The fourth-order valence-electron chi connectivity index (χ4n) is 3.68. The second-order valence-corrected chi connectivity index (χ2v) is 7.07. The largest absolute Gasteiger partial charge is 0.337 e. The summed E-state index contributed by atoms with van der Waals surface area (Å²) in [4.78, 5) is 51.7. The monoisotopic (exact) mass is 379 g/mol. The van der Waals surface area contributed by atoms with Crippen molar-refractivity contribution in [1.29, 1.82) is 0 Å². The molecule has 2 aliphatic rings. The Labute approximate surface area is 162 Å². The maximum absolute atomic E-state index is 13.0. The third-order valence-corrected chi connectivity index (χ3v) is 5.24. The molecular formula is C20H21N5O3. The van der Waals surface area contributed by atoms with Gasteiger partial charge in [-0.2, -0.15) is 0 Å². The van der Waals surface area contributed by atoms with Gasteiger partial charge in [-0.05, 0) is 32.0 Å². The van der Waals surface area contributed by atoms with Crippen LogP contribution in [-0.2, 0) is 4.79 Å². The molecule has 0 aliphatic carbocycles. The molecule has 1 aromatic carbocycles. The van der Waals surface area contributed by atoms with E-state index >= 15 is 0 Å². The van der Waals surface area contributed by atoms with Crippen LogP contribution in [0.2, 0.25) is 0 Å². The quantitative estimate of drug-likeness (QED) is 0.743. The standard InChI is InChI=1S/C20H21N5O3/c1-13-4-5-15-16(12-13)19(28)25(18(15)27)14(2)17(26)23-8-10-24(11-9-23)20-21-6-3-7-22-20/h3-7,12,14H,8-11H2,1-2H3. The minimum Gasteiger partial charge on any atom is -0.337 e. The van der Waals surface area contributed by atoms with Gasteiger partial charge in [-0.15, -0.1) is 0 Å². The molecule has 0 spiro atoms. The number of carbonyl (C=O) groups is 3. The van der Waals surface area contributed by atoms with Gasteiger partial charge in [-0.25, -0.2) is 9.97 Å². The molecule has 1 atom stereocenters. The van der Waals surface area contributed by atoms with Gasteiger partial charge < -0.3 is 9.80 Å². The highest BCUT2D eigenvalue weighted by molar-refractivity contribution is 6.22. The Morgan fingerprint density at radius 2 is 1.64 bits per heavy atom. The fraction of sp³-hybridized carbons (Fsp3) is 0.350. The number of hydrogen-bond acceptors (Lipinski definition) is 6. The highest BCUT2D eigenvalue weighted by atomic mass is 16.2. The lowest BCUT2D eigenvalue weighted by Crippen LogP contribution is -2.55. The number of hydrogen-bond donors (Lipinski definition) is 0. The molecule has 144 valence electrons. The Balaban J connectivity index is 1.45. The van der Waals surface area contributed by atoms with Gasteiger partial charge in [0.05, 0.1) is 11.1 Å². The summed E-state index contributed by atoms with van der Waals surface area (Å²) in [6.07, 6.45) is 3.37. The lowest BCUT2D eigenvalue weighted by Gasteiger charge is -2.37. The van der Waals surface area contributed by atoms with Crippen LogP contribution >= 0.6 is 0 Å². The van der Waals surface area contributed by atoms with E-state index in [-0.39, 0.29) is 5.91 Å². The number of rotatable bonds is 3. The van der Waals surface area contributed by atoms with E-state index < -0.39 is 17.9 Å².